The molecule has 0 saturated carbocycles. The summed E-state index contributed by atoms with van der Waals surface area (Å²) in [5, 5.41) is 0. The molecule has 0 N–H and O–H groups in total. The van der Waals surface area contributed by atoms with Crippen LogP contribution in [-0.4, -0.2) is 10.7 Å². The third kappa shape index (κ3) is 2.51. The zero-order chi connectivity index (χ0) is 9.52. The molecule has 0 aromatic carbocycles. The molecule has 0 unspecified atom stereocenters. The summed E-state index contributed by atoms with van der Waals surface area (Å²) in [7, 11) is 0. The van der Waals surface area contributed by atoms with Gasteiger partial charge in [0.1, 0.15) is 0 Å². The molecule has 2 nitrogen and oxygen atoms in total. The summed E-state index contributed by atoms with van der Waals surface area (Å²) in [6.07, 6.45) is 6.56. The summed E-state index contributed by atoms with van der Waals surface area (Å²) in [6, 6.07) is 5.86. The van der Waals surface area contributed by atoms with Crippen LogP contribution in [0.3, 0.4) is 0 Å². The summed E-state index contributed by atoms with van der Waals surface area (Å²) in [5.41, 5.74) is 2.04. The minimum absolute atomic E-state index is 0.914. The average molecular weight is 174 g/mol. The smallest absolute Gasteiger partial charge is 0.0847 e. The maximum Gasteiger partial charge on any atom is 0.0847 e. The van der Waals surface area contributed by atoms with E-state index in [0.717, 1.165) is 17.8 Å². The SMILES string of the molecule is C1=CN=C(c2ccccn2)C1.CC. The number of hydrogen-bond donors (Lipinski definition) is 0. The Morgan fingerprint density at radius 3 is 2.62 bits per heavy atom. The Kier molecular flexibility index (Phi) is 3.89. The van der Waals surface area contributed by atoms with Crippen LogP contribution in [0.25, 0.3) is 0 Å². The van der Waals surface area contributed by atoms with Crippen molar-refractivity contribution >= 4 is 5.71 Å². The van der Waals surface area contributed by atoms with Gasteiger partial charge in [-0.1, -0.05) is 26.0 Å². The molecule has 0 spiro atoms. The fourth-order valence-corrected chi connectivity index (χ4v) is 1.06. The minimum Gasteiger partial charge on any atom is -0.259 e. The highest BCUT2D eigenvalue weighted by Crippen LogP contribution is 2.07. The Bertz CT molecular complexity index is 299. The number of rotatable bonds is 1. The van der Waals surface area contributed by atoms with E-state index >= 15 is 0 Å². The quantitative estimate of drug-likeness (QED) is 0.642. The second kappa shape index (κ2) is 5.25. The largest absolute Gasteiger partial charge is 0.259 e. The second-order valence-corrected chi connectivity index (χ2v) is 2.38. The third-order valence-corrected chi connectivity index (χ3v) is 1.61. The third-order valence-electron chi connectivity index (χ3n) is 1.61. The minimum atomic E-state index is 0.914. The van der Waals surface area contributed by atoms with Gasteiger partial charge in [0.2, 0.25) is 0 Å². The van der Waals surface area contributed by atoms with Crippen LogP contribution in [0, 0.1) is 0 Å². The van der Waals surface area contributed by atoms with E-state index < -0.39 is 0 Å². The summed E-state index contributed by atoms with van der Waals surface area (Å²) in [6.45, 7) is 4.00. The molecule has 13 heavy (non-hydrogen) atoms. The van der Waals surface area contributed by atoms with Crippen molar-refractivity contribution in [3.8, 4) is 0 Å². The van der Waals surface area contributed by atoms with Crippen molar-refractivity contribution in [1.29, 1.82) is 0 Å². The number of hydrogen-bond acceptors (Lipinski definition) is 2. The van der Waals surface area contributed by atoms with Gasteiger partial charge in [-0.05, 0) is 12.1 Å². The van der Waals surface area contributed by atoms with Crippen LogP contribution in [-0.2, 0) is 0 Å². The van der Waals surface area contributed by atoms with Crippen molar-refractivity contribution in [3.63, 3.8) is 0 Å². The summed E-state index contributed by atoms with van der Waals surface area (Å²) in [4.78, 5) is 8.37. The maximum atomic E-state index is 4.19. The standard InChI is InChI=1S/C9H8N2.C2H6/c1-2-6-10-8(4-1)9-5-3-7-11-9;1-2/h1-4,6-7H,5H2;1-2H3. The first-order valence-corrected chi connectivity index (χ1v) is 4.60. The lowest BCUT2D eigenvalue weighted by Crippen LogP contribution is -1.98. The average Bonchev–Trinajstić information content (AvgIpc) is 2.75. The van der Waals surface area contributed by atoms with Gasteiger partial charge in [-0.3, -0.25) is 9.98 Å². The summed E-state index contributed by atoms with van der Waals surface area (Å²) in [5.74, 6) is 0. The first kappa shape index (κ1) is 9.65. The molecule has 1 aliphatic heterocycles. The van der Waals surface area contributed by atoms with Gasteiger partial charge >= 0.3 is 0 Å². The van der Waals surface area contributed by atoms with Crippen LogP contribution in [0.2, 0.25) is 0 Å². The number of allylic oxidation sites excluding steroid dienone is 1. The first-order chi connectivity index (χ1) is 6.47. The fourth-order valence-electron chi connectivity index (χ4n) is 1.06. The molecule has 1 aromatic heterocycles. The summed E-state index contributed by atoms with van der Waals surface area (Å²) < 4.78 is 0. The zero-order valence-electron chi connectivity index (χ0n) is 8.07. The van der Waals surface area contributed by atoms with Gasteiger partial charge < -0.3 is 0 Å². The van der Waals surface area contributed by atoms with Crippen molar-refractivity contribution < 1.29 is 0 Å². The molecule has 68 valence electrons. The lowest BCUT2D eigenvalue weighted by Gasteiger charge is -1.95. The fraction of sp³-hybridized carbons (Fsp3) is 0.273. The van der Waals surface area contributed by atoms with Crippen molar-refractivity contribution in [3.05, 3.63) is 42.4 Å². The van der Waals surface area contributed by atoms with E-state index in [4.69, 9.17) is 0 Å². The van der Waals surface area contributed by atoms with Gasteiger partial charge in [-0.25, -0.2) is 0 Å². The topological polar surface area (TPSA) is 25.2 Å². The Morgan fingerprint density at radius 1 is 1.23 bits per heavy atom. The molecule has 0 aliphatic carbocycles. The second-order valence-electron chi connectivity index (χ2n) is 2.38. The van der Waals surface area contributed by atoms with Gasteiger partial charge in [0.15, 0.2) is 0 Å². The van der Waals surface area contributed by atoms with Crippen LogP contribution in [0.5, 0.6) is 0 Å². The van der Waals surface area contributed by atoms with Crippen molar-refractivity contribution in [1.82, 2.24) is 4.98 Å². The monoisotopic (exact) mass is 174 g/mol. The molecule has 2 heteroatoms. The molecule has 0 radical (unpaired) electrons. The van der Waals surface area contributed by atoms with Crippen LogP contribution in [0.1, 0.15) is 26.0 Å². The highest BCUT2D eigenvalue weighted by Gasteiger charge is 2.03. The van der Waals surface area contributed by atoms with E-state index in [1.165, 1.54) is 0 Å². The molecule has 0 saturated heterocycles. The lowest BCUT2D eigenvalue weighted by molar-refractivity contribution is 1.27. The first-order valence-electron chi connectivity index (χ1n) is 4.60. The van der Waals surface area contributed by atoms with Gasteiger partial charge in [-0.15, -0.1) is 0 Å². The Hall–Kier alpha value is -1.44. The molecule has 2 rings (SSSR count). The highest BCUT2D eigenvalue weighted by atomic mass is 14.8. The van der Waals surface area contributed by atoms with E-state index in [0.29, 0.717) is 0 Å². The predicted octanol–water partition coefficient (Wildman–Crippen LogP) is 2.81. The van der Waals surface area contributed by atoms with Crippen LogP contribution < -0.4 is 0 Å². The molecule has 0 bridgehead atoms. The number of aromatic nitrogens is 1. The molecule has 1 aliphatic rings. The molecule has 1 aromatic rings. The van der Waals surface area contributed by atoms with E-state index in [-0.39, 0.29) is 0 Å². The van der Waals surface area contributed by atoms with Crippen molar-refractivity contribution in [2.45, 2.75) is 20.3 Å². The molecular formula is C11H14N2. The van der Waals surface area contributed by atoms with Gasteiger partial charge in [0, 0.05) is 18.8 Å². The van der Waals surface area contributed by atoms with Gasteiger partial charge in [-0.2, -0.15) is 0 Å². The van der Waals surface area contributed by atoms with Gasteiger partial charge in [0.05, 0.1) is 11.4 Å². The van der Waals surface area contributed by atoms with Crippen LogP contribution >= 0.6 is 0 Å². The Morgan fingerprint density at radius 2 is 2.08 bits per heavy atom. The molecular weight excluding hydrogens is 160 g/mol. The Balaban J connectivity index is 0.000000396. The van der Waals surface area contributed by atoms with Gasteiger partial charge in [0.25, 0.3) is 0 Å². The van der Waals surface area contributed by atoms with Crippen LogP contribution in [0.15, 0.2) is 41.7 Å². The number of pyridine rings is 1. The van der Waals surface area contributed by atoms with E-state index in [9.17, 15) is 0 Å². The molecule has 2 heterocycles. The molecule has 0 amide bonds. The predicted molar refractivity (Wildman–Crippen MR) is 55.9 cm³/mol. The molecule has 0 fully saturated rings. The van der Waals surface area contributed by atoms with E-state index in [1.54, 1.807) is 6.20 Å². The van der Waals surface area contributed by atoms with Crippen molar-refractivity contribution in [2.75, 3.05) is 0 Å². The highest BCUT2D eigenvalue weighted by molar-refractivity contribution is 6.01. The normalized spacial score (nSPS) is 13.2. The van der Waals surface area contributed by atoms with Crippen molar-refractivity contribution in [2.24, 2.45) is 4.99 Å². The van der Waals surface area contributed by atoms with E-state index in [2.05, 4.69) is 9.98 Å². The summed E-state index contributed by atoms with van der Waals surface area (Å²) >= 11 is 0. The zero-order valence-corrected chi connectivity index (χ0v) is 8.07. The van der Waals surface area contributed by atoms with E-state index in [1.807, 2.05) is 44.3 Å². The Labute approximate surface area is 79.0 Å². The molecule has 0 atom stereocenters. The number of nitrogens with zero attached hydrogens (tertiary/aromatic N) is 2. The lowest BCUT2D eigenvalue weighted by atomic mass is 10.2. The maximum absolute atomic E-state index is 4.19. The van der Waals surface area contributed by atoms with Crippen LogP contribution in [0.4, 0.5) is 0 Å². The number of aliphatic imine (C=N–C) groups is 1.